The summed E-state index contributed by atoms with van der Waals surface area (Å²) in [5.74, 6) is 2.38. The zero-order valence-electron chi connectivity index (χ0n) is 19.1. The standard InChI is InChI=1S/C25H26N4O4/c1-14-5-7-15(8-6-14)23-22-18(28-25-26-13-27-29(23)25)9-16(10-19(22)30)17-11-20(31-2)24(33-4)21(12-17)32-3/h5-8,11-13,16,23H,9-10H2,1-4H3,(H,26,27,28). The lowest BCUT2D eigenvalue weighted by Crippen LogP contribution is -2.33. The van der Waals surface area contributed by atoms with Crippen LogP contribution in [0.15, 0.2) is 54.0 Å². The molecular formula is C25H26N4O4. The average molecular weight is 447 g/mol. The van der Waals surface area contributed by atoms with Gasteiger partial charge in [0.2, 0.25) is 11.7 Å². The number of aryl methyl sites for hydroxylation is 1. The Balaban J connectivity index is 1.57. The zero-order chi connectivity index (χ0) is 23.1. The average Bonchev–Trinajstić information content (AvgIpc) is 3.30. The van der Waals surface area contributed by atoms with Gasteiger partial charge in [-0.25, -0.2) is 4.68 Å². The summed E-state index contributed by atoms with van der Waals surface area (Å²) in [6, 6.07) is 11.8. The summed E-state index contributed by atoms with van der Waals surface area (Å²) in [4.78, 5) is 18.0. The Hall–Kier alpha value is -3.81. The summed E-state index contributed by atoms with van der Waals surface area (Å²) in [7, 11) is 4.76. The Kier molecular flexibility index (Phi) is 5.28. The molecule has 0 bridgehead atoms. The minimum absolute atomic E-state index is 0.0365. The first-order valence-corrected chi connectivity index (χ1v) is 10.8. The van der Waals surface area contributed by atoms with Gasteiger partial charge in [-0.15, -0.1) is 0 Å². The number of nitrogens with one attached hydrogen (secondary N) is 1. The van der Waals surface area contributed by atoms with Crippen molar-refractivity contribution in [1.29, 1.82) is 0 Å². The third-order valence-corrected chi connectivity index (χ3v) is 6.41. The maximum Gasteiger partial charge on any atom is 0.226 e. The monoisotopic (exact) mass is 446 g/mol. The van der Waals surface area contributed by atoms with E-state index in [1.54, 1.807) is 26.0 Å². The quantitative estimate of drug-likeness (QED) is 0.633. The van der Waals surface area contributed by atoms with Gasteiger partial charge < -0.3 is 19.5 Å². The second-order valence-corrected chi connectivity index (χ2v) is 8.35. The molecule has 1 aliphatic carbocycles. The molecule has 1 aromatic heterocycles. The van der Waals surface area contributed by atoms with E-state index in [0.29, 0.717) is 36.0 Å². The number of hydrogen-bond acceptors (Lipinski definition) is 7. The van der Waals surface area contributed by atoms with Crippen molar-refractivity contribution in [2.45, 2.75) is 31.7 Å². The number of nitrogens with zero attached hydrogens (tertiary/aromatic N) is 3. The highest BCUT2D eigenvalue weighted by Gasteiger charge is 2.39. The molecule has 1 N–H and O–H groups in total. The number of hydrogen-bond donors (Lipinski definition) is 1. The van der Waals surface area contributed by atoms with Gasteiger partial charge in [0.15, 0.2) is 17.3 Å². The van der Waals surface area contributed by atoms with Crippen LogP contribution in [0, 0.1) is 6.92 Å². The highest BCUT2D eigenvalue weighted by Crippen LogP contribution is 2.47. The fourth-order valence-corrected chi connectivity index (χ4v) is 4.78. The third-order valence-electron chi connectivity index (χ3n) is 6.41. The van der Waals surface area contributed by atoms with Crippen molar-refractivity contribution >= 4 is 11.7 Å². The molecule has 33 heavy (non-hydrogen) atoms. The number of allylic oxidation sites excluding steroid dienone is 2. The maximum atomic E-state index is 13.6. The Morgan fingerprint density at radius 1 is 0.970 bits per heavy atom. The topological polar surface area (TPSA) is 87.5 Å². The Bertz CT molecular complexity index is 1220. The van der Waals surface area contributed by atoms with Crippen LogP contribution in [0.4, 0.5) is 5.95 Å². The Morgan fingerprint density at radius 2 is 1.67 bits per heavy atom. The molecule has 2 aromatic carbocycles. The second kappa shape index (κ2) is 8.27. The van der Waals surface area contributed by atoms with E-state index in [1.165, 1.54) is 6.33 Å². The van der Waals surface area contributed by atoms with Crippen molar-refractivity contribution in [3.63, 3.8) is 0 Å². The molecule has 0 saturated heterocycles. The lowest BCUT2D eigenvalue weighted by molar-refractivity contribution is -0.116. The van der Waals surface area contributed by atoms with E-state index in [-0.39, 0.29) is 17.7 Å². The largest absolute Gasteiger partial charge is 0.493 e. The number of carbonyl (C=O) groups is 1. The van der Waals surface area contributed by atoms with Gasteiger partial charge in [0.05, 0.1) is 21.3 Å². The summed E-state index contributed by atoms with van der Waals surface area (Å²) in [5.41, 5.74) is 4.78. The number of carbonyl (C=O) groups excluding carboxylic acids is 1. The van der Waals surface area contributed by atoms with Crippen LogP contribution in [0.25, 0.3) is 0 Å². The van der Waals surface area contributed by atoms with Gasteiger partial charge in [0.25, 0.3) is 0 Å². The molecule has 2 unspecified atom stereocenters. The van der Waals surface area contributed by atoms with E-state index in [4.69, 9.17) is 14.2 Å². The number of methoxy groups -OCH3 is 3. The van der Waals surface area contributed by atoms with Crippen molar-refractivity contribution < 1.29 is 19.0 Å². The third kappa shape index (κ3) is 3.51. The van der Waals surface area contributed by atoms with Crippen LogP contribution in [-0.4, -0.2) is 41.9 Å². The van der Waals surface area contributed by atoms with Crippen LogP contribution in [0.1, 0.15) is 41.5 Å². The molecule has 0 radical (unpaired) electrons. The molecule has 5 rings (SSSR count). The van der Waals surface area contributed by atoms with E-state index in [0.717, 1.165) is 28.0 Å². The number of aromatic nitrogens is 3. The van der Waals surface area contributed by atoms with Crippen LogP contribution >= 0.6 is 0 Å². The van der Waals surface area contributed by atoms with Gasteiger partial charge >= 0.3 is 0 Å². The van der Waals surface area contributed by atoms with Gasteiger partial charge in [-0.2, -0.15) is 10.1 Å². The van der Waals surface area contributed by atoms with Crippen LogP contribution in [-0.2, 0) is 4.79 Å². The Morgan fingerprint density at radius 3 is 2.30 bits per heavy atom. The number of Topliss-reactive ketones (excluding diaryl/α,β-unsaturated/α-hetero) is 1. The number of anilines is 1. The van der Waals surface area contributed by atoms with Gasteiger partial charge in [-0.3, -0.25) is 4.79 Å². The summed E-state index contributed by atoms with van der Waals surface area (Å²) in [5, 5.41) is 7.77. The fraction of sp³-hybridized carbons (Fsp3) is 0.320. The molecule has 2 atom stereocenters. The molecule has 0 saturated carbocycles. The highest BCUT2D eigenvalue weighted by molar-refractivity contribution is 6.00. The normalized spacial score (nSPS) is 19.5. The lowest BCUT2D eigenvalue weighted by atomic mass is 9.77. The van der Waals surface area contributed by atoms with Gasteiger partial charge in [-0.05, 0) is 42.5 Å². The van der Waals surface area contributed by atoms with Crippen molar-refractivity contribution in [3.05, 3.63) is 70.7 Å². The summed E-state index contributed by atoms with van der Waals surface area (Å²) in [6.07, 6.45) is 2.56. The molecule has 0 spiro atoms. The predicted molar refractivity (Wildman–Crippen MR) is 123 cm³/mol. The molecule has 0 amide bonds. The van der Waals surface area contributed by atoms with Crippen molar-refractivity contribution in [3.8, 4) is 17.2 Å². The number of ether oxygens (including phenoxy) is 3. The summed E-state index contributed by atoms with van der Waals surface area (Å²) < 4.78 is 18.3. The van der Waals surface area contributed by atoms with Gasteiger partial charge in [-0.1, -0.05) is 29.8 Å². The summed E-state index contributed by atoms with van der Waals surface area (Å²) >= 11 is 0. The number of benzene rings is 2. The molecule has 170 valence electrons. The number of rotatable bonds is 5. The van der Waals surface area contributed by atoms with E-state index >= 15 is 0 Å². The number of fused-ring (bicyclic) bond motifs is 1. The number of ketones is 1. The van der Waals surface area contributed by atoms with Crippen molar-refractivity contribution in [1.82, 2.24) is 14.8 Å². The molecule has 2 aliphatic rings. The molecule has 8 nitrogen and oxygen atoms in total. The van der Waals surface area contributed by atoms with E-state index in [2.05, 4.69) is 39.7 Å². The minimum Gasteiger partial charge on any atom is -0.493 e. The zero-order valence-corrected chi connectivity index (χ0v) is 19.1. The van der Waals surface area contributed by atoms with Crippen LogP contribution in [0.2, 0.25) is 0 Å². The molecular weight excluding hydrogens is 420 g/mol. The maximum absolute atomic E-state index is 13.6. The fourth-order valence-electron chi connectivity index (χ4n) is 4.78. The van der Waals surface area contributed by atoms with E-state index < -0.39 is 0 Å². The first-order chi connectivity index (χ1) is 16.0. The highest BCUT2D eigenvalue weighted by atomic mass is 16.5. The van der Waals surface area contributed by atoms with Gasteiger partial charge in [0, 0.05) is 17.7 Å². The summed E-state index contributed by atoms with van der Waals surface area (Å²) in [6.45, 7) is 2.05. The Labute approximate surface area is 192 Å². The van der Waals surface area contributed by atoms with Crippen LogP contribution < -0.4 is 19.5 Å². The SMILES string of the molecule is COc1cc(C2CC(=O)C3=C(C2)Nc2ncnn2C3c2ccc(C)cc2)cc(OC)c1OC. The molecule has 2 heterocycles. The van der Waals surface area contributed by atoms with Crippen molar-refractivity contribution in [2.75, 3.05) is 26.6 Å². The lowest BCUT2D eigenvalue weighted by Gasteiger charge is -2.35. The van der Waals surface area contributed by atoms with Crippen LogP contribution in [0.3, 0.4) is 0 Å². The van der Waals surface area contributed by atoms with Crippen LogP contribution in [0.5, 0.6) is 17.2 Å². The first kappa shape index (κ1) is 21.1. The minimum atomic E-state index is -0.298. The van der Waals surface area contributed by atoms with Gasteiger partial charge in [0.1, 0.15) is 12.4 Å². The molecule has 0 fully saturated rings. The predicted octanol–water partition coefficient (Wildman–Crippen LogP) is 4.03. The first-order valence-electron chi connectivity index (χ1n) is 10.8. The molecule has 1 aliphatic heterocycles. The molecule has 8 heteroatoms. The second-order valence-electron chi connectivity index (χ2n) is 8.35. The smallest absolute Gasteiger partial charge is 0.226 e. The van der Waals surface area contributed by atoms with E-state index in [9.17, 15) is 4.79 Å². The van der Waals surface area contributed by atoms with E-state index in [1.807, 2.05) is 19.1 Å². The molecule has 3 aromatic rings. The van der Waals surface area contributed by atoms with Crippen molar-refractivity contribution in [2.24, 2.45) is 0 Å².